The Kier molecular flexibility index (Phi) is 2.66. The van der Waals surface area contributed by atoms with Gasteiger partial charge in [-0.3, -0.25) is 0 Å². The molecule has 0 saturated heterocycles. The molecule has 0 aliphatic carbocycles. The van der Waals surface area contributed by atoms with Crippen LogP contribution >= 0.6 is 0 Å². The van der Waals surface area contributed by atoms with Gasteiger partial charge < -0.3 is 9.84 Å². The van der Waals surface area contributed by atoms with Crippen LogP contribution < -0.4 is 4.74 Å². The lowest BCUT2D eigenvalue weighted by Gasteiger charge is -2.02. The monoisotopic (exact) mass is 242 g/mol. The Balaban J connectivity index is 2.69. The molecular weight excluding hydrogens is 234 g/mol. The third-order valence-electron chi connectivity index (χ3n) is 2.26. The van der Waals surface area contributed by atoms with Crippen molar-refractivity contribution in [1.82, 2.24) is 9.78 Å². The van der Waals surface area contributed by atoms with Gasteiger partial charge in [-0.1, -0.05) is 0 Å². The molecule has 0 atom stereocenters. The summed E-state index contributed by atoms with van der Waals surface area (Å²) in [6.07, 6.45) is 1.08. The molecule has 0 fully saturated rings. The largest absolute Gasteiger partial charge is 0.494 e. The van der Waals surface area contributed by atoms with E-state index in [0.717, 1.165) is 6.20 Å². The molecule has 2 aromatic rings. The number of alkyl halides is 2. The lowest BCUT2D eigenvalue weighted by atomic mass is 10.1. The topological polar surface area (TPSA) is 64.3 Å². The number of fused-ring (bicyclic) bond motifs is 1. The lowest BCUT2D eigenvalue weighted by molar-refractivity contribution is 0.0573. The molecule has 0 spiro atoms. The van der Waals surface area contributed by atoms with Crippen LogP contribution in [-0.2, 0) is 0 Å². The number of methoxy groups -OCH3 is 1. The molecule has 1 aromatic carbocycles. The van der Waals surface area contributed by atoms with E-state index < -0.39 is 12.5 Å². The molecule has 0 aliphatic rings. The van der Waals surface area contributed by atoms with Crippen LogP contribution in [0.4, 0.5) is 8.78 Å². The second-order valence-electron chi connectivity index (χ2n) is 3.31. The van der Waals surface area contributed by atoms with Crippen molar-refractivity contribution in [3.05, 3.63) is 23.9 Å². The van der Waals surface area contributed by atoms with Gasteiger partial charge in [-0.05, 0) is 12.1 Å². The van der Waals surface area contributed by atoms with Gasteiger partial charge in [0, 0.05) is 11.6 Å². The van der Waals surface area contributed by atoms with Crippen LogP contribution in [0, 0.1) is 0 Å². The number of hydrogen-bond acceptors (Lipinski definition) is 3. The highest BCUT2D eigenvalue weighted by atomic mass is 19.3. The van der Waals surface area contributed by atoms with Gasteiger partial charge in [0.1, 0.15) is 11.3 Å². The van der Waals surface area contributed by atoms with Crippen LogP contribution in [0.3, 0.4) is 0 Å². The van der Waals surface area contributed by atoms with Crippen molar-refractivity contribution in [2.24, 2.45) is 0 Å². The van der Waals surface area contributed by atoms with Crippen LogP contribution in [0.25, 0.3) is 10.9 Å². The minimum atomic E-state index is -2.78. The molecule has 1 heterocycles. The van der Waals surface area contributed by atoms with E-state index >= 15 is 0 Å². The minimum absolute atomic E-state index is 0.0387. The van der Waals surface area contributed by atoms with Crippen molar-refractivity contribution < 1.29 is 23.4 Å². The quantitative estimate of drug-likeness (QED) is 0.895. The maximum atomic E-state index is 12.4. The Hall–Kier alpha value is -2.18. The molecule has 1 aromatic heterocycles. The number of aromatic carboxylic acids is 1. The maximum Gasteiger partial charge on any atom is 0.335 e. The smallest absolute Gasteiger partial charge is 0.335 e. The molecule has 5 nitrogen and oxygen atoms in total. The van der Waals surface area contributed by atoms with Crippen LogP contribution in [0.2, 0.25) is 0 Å². The lowest BCUT2D eigenvalue weighted by Crippen LogP contribution is -1.98. The molecule has 90 valence electrons. The number of ether oxygens (including phenoxy) is 1. The van der Waals surface area contributed by atoms with Crippen molar-refractivity contribution >= 4 is 16.9 Å². The van der Waals surface area contributed by atoms with Gasteiger partial charge >= 0.3 is 12.5 Å². The fourth-order valence-corrected chi connectivity index (χ4v) is 1.50. The second-order valence-corrected chi connectivity index (χ2v) is 3.31. The highest BCUT2D eigenvalue weighted by molar-refractivity contribution is 5.95. The van der Waals surface area contributed by atoms with Crippen molar-refractivity contribution in [2.75, 3.05) is 7.11 Å². The molecule has 0 amide bonds. The fourth-order valence-electron chi connectivity index (χ4n) is 1.50. The second kappa shape index (κ2) is 4.00. The Morgan fingerprint density at radius 1 is 1.53 bits per heavy atom. The van der Waals surface area contributed by atoms with E-state index in [9.17, 15) is 13.6 Å². The Morgan fingerprint density at radius 3 is 2.76 bits per heavy atom. The highest BCUT2D eigenvalue weighted by Crippen LogP contribution is 2.27. The van der Waals surface area contributed by atoms with E-state index in [4.69, 9.17) is 9.84 Å². The van der Waals surface area contributed by atoms with Gasteiger partial charge in [0.15, 0.2) is 0 Å². The fraction of sp³-hybridized carbons (Fsp3) is 0.200. The van der Waals surface area contributed by atoms with Gasteiger partial charge in [-0.25, -0.2) is 9.48 Å². The van der Waals surface area contributed by atoms with E-state index in [0.29, 0.717) is 10.1 Å². The van der Waals surface area contributed by atoms with E-state index in [1.165, 1.54) is 19.2 Å². The Morgan fingerprint density at radius 2 is 2.24 bits per heavy atom. The summed E-state index contributed by atoms with van der Waals surface area (Å²) in [4.78, 5) is 10.8. The zero-order valence-electron chi connectivity index (χ0n) is 8.72. The number of benzene rings is 1. The summed E-state index contributed by atoms with van der Waals surface area (Å²) in [6, 6.07) is 2.51. The zero-order valence-corrected chi connectivity index (χ0v) is 8.72. The molecule has 0 aliphatic heterocycles. The maximum absolute atomic E-state index is 12.4. The van der Waals surface area contributed by atoms with Gasteiger partial charge in [-0.15, -0.1) is 0 Å². The van der Waals surface area contributed by atoms with Crippen molar-refractivity contribution in [2.45, 2.75) is 6.55 Å². The zero-order chi connectivity index (χ0) is 12.6. The first-order valence-electron chi connectivity index (χ1n) is 4.61. The summed E-state index contributed by atoms with van der Waals surface area (Å²) in [6.45, 7) is -2.78. The summed E-state index contributed by atoms with van der Waals surface area (Å²) in [5.74, 6) is -1.01. The standard InChI is InChI=1S/C10H8F2N2O3/c1-17-7-3-5(9(15)16)2-6-4-14(10(11)12)13-8(6)7/h2-4,10H,1H3,(H,15,16). The van der Waals surface area contributed by atoms with Gasteiger partial charge in [0.25, 0.3) is 0 Å². The normalized spacial score (nSPS) is 11.1. The predicted octanol–water partition coefficient (Wildman–Crippen LogP) is 2.14. The molecule has 0 bridgehead atoms. The van der Waals surface area contributed by atoms with E-state index in [-0.39, 0.29) is 16.8 Å². The van der Waals surface area contributed by atoms with Crippen molar-refractivity contribution in [3.63, 3.8) is 0 Å². The Bertz CT molecular complexity index is 580. The van der Waals surface area contributed by atoms with Crippen molar-refractivity contribution in [1.29, 1.82) is 0 Å². The first-order valence-corrected chi connectivity index (χ1v) is 4.61. The van der Waals surface area contributed by atoms with Crippen LogP contribution in [0.5, 0.6) is 5.75 Å². The molecule has 0 radical (unpaired) electrons. The van der Waals surface area contributed by atoms with Crippen LogP contribution in [0.1, 0.15) is 16.9 Å². The van der Waals surface area contributed by atoms with Crippen LogP contribution in [0.15, 0.2) is 18.3 Å². The molecular formula is C10H8F2N2O3. The highest BCUT2D eigenvalue weighted by Gasteiger charge is 2.15. The number of carbonyl (C=O) groups is 1. The first kappa shape index (κ1) is 11.3. The summed E-state index contributed by atoms with van der Waals surface area (Å²) in [7, 11) is 1.32. The minimum Gasteiger partial charge on any atom is -0.494 e. The SMILES string of the molecule is COc1cc(C(=O)O)cc2cn(C(F)F)nc12. The molecule has 17 heavy (non-hydrogen) atoms. The number of hydrogen-bond donors (Lipinski definition) is 1. The number of carboxylic acids is 1. The average Bonchev–Trinajstić information content (AvgIpc) is 2.71. The molecule has 0 unspecified atom stereocenters. The summed E-state index contributed by atoms with van der Waals surface area (Å²) in [5.41, 5.74) is 0.168. The third-order valence-corrected chi connectivity index (χ3v) is 2.26. The first-order chi connectivity index (χ1) is 8.02. The molecule has 0 saturated carbocycles. The van der Waals surface area contributed by atoms with E-state index in [1.54, 1.807) is 0 Å². The summed E-state index contributed by atoms with van der Waals surface area (Å²) < 4.78 is 30.3. The predicted molar refractivity (Wildman–Crippen MR) is 54.5 cm³/mol. The van der Waals surface area contributed by atoms with Gasteiger partial charge in [0.05, 0.1) is 12.7 Å². The van der Waals surface area contributed by atoms with Crippen molar-refractivity contribution in [3.8, 4) is 5.75 Å². The molecule has 7 heteroatoms. The summed E-state index contributed by atoms with van der Waals surface area (Å²) >= 11 is 0. The van der Waals surface area contributed by atoms with Crippen LogP contribution in [-0.4, -0.2) is 28.0 Å². The van der Waals surface area contributed by atoms with Gasteiger partial charge in [0.2, 0.25) is 0 Å². The van der Waals surface area contributed by atoms with E-state index in [2.05, 4.69) is 5.10 Å². The Labute approximate surface area is 94.2 Å². The number of halogens is 2. The molecule has 1 N–H and O–H groups in total. The average molecular weight is 242 g/mol. The number of nitrogens with zero attached hydrogens (tertiary/aromatic N) is 2. The number of aromatic nitrogens is 2. The number of carboxylic acid groups (broad SMARTS) is 1. The third kappa shape index (κ3) is 1.91. The van der Waals surface area contributed by atoms with Gasteiger partial charge in [-0.2, -0.15) is 13.9 Å². The molecule has 2 rings (SSSR count). The summed E-state index contributed by atoms with van der Waals surface area (Å²) in [5, 5.41) is 12.8. The van der Waals surface area contributed by atoms with E-state index in [1.807, 2.05) is 0 Å². The number of rotatable bonds is 3.